The Morgan fingerprint density at radius 1 is 1.20 bits per heavy atom. The molecule has 0 saturated heterocycles. The van der Waals surface area contributed by atoms with Crippen LogP contribution in [0.3, 0.4) is 0 Å². The highest BCUT2D eigenvalue weighted by Crippen LogP contribution is 2.30. The van der Waals surface area contributed by atoms with Crippen LogP contribution in [0.15, 0.2) is 18.2 Å². The Morgan fingerprint density at radius 2 is 1.85 bits per heavy atom. The fourth-order valence-corrected chi connectivity index (χ4v) is 3.56. The molecule has 2 rings (SSSR count). The summed E-state index contributed by atoms with van der Waals surface area (Å²) in [6.07, 6.45) is 6.88. The maximum atomic E-state index is 11.2. The van der Waals surface area contributed by atoms with Crippen molar-refractivity contribution < 1.29 is 13.5 Å². The number of rotatable bonds is 5. The number of fused-ring (bicyclic) bond motifs is 1. The van der Waals surface area contributed by atoms with E-state index in [0.717, 1.165) is 18.4 Å². The molecular weight excluding hydrogens is 272 g/mol. The number of aliphatic hydroxyl groups is 1. The Hall–Kier alpha value is -0.870. The molecular formula is C16H24O3S. The quantitative estimate of drug-likeness (QED) is 0.908. The van der Waals surface area contributed by atoms with Gasteiger partial charge in [0.1, 0.15) is 9.84 Å². The molecule has 0 radical (unpaired) electrons. The lowest BCUT2D eigenvalue weighted by Crippen LogP contribution is -2.23. The molecule has 0 heterocycles. The summed E-state index contributed by atoms with van der Waals surface area (Å²) in [7, 11) is -2.95. The van der Waals surface area contributed by atoms with Crippen LogP contribution in [-0.2, 0) is 28.3 Å². The first-order valence-corrected chi connectivity index (χ1v) is 9.36. The minimum Gasteiger partial charge on any atom is -0.385 e. The zero-order valence-corrected chi connectivity index (χ0v) is 13.2. The van der Waals surface area contributed by atoms with Gasteiger partial charge in [-0.1, -0.05) is 18.2 Å². The third kappa shape index (κ3) is 4.06. The van der Waals surface area contributed by atoms with Crippen molar-refractivity contribution in [2.75, 3.05) is 12.0 Å². The summed E-state index contributed by atoms with van der Waals surface area (Å²) < 4.78 is 22.3. The zero-order valence-electron chi connectivity index (χ0n) is 12.4. The Labute approximate surface area is 121 Å². The SMILES string of the molecule is CC(O)(CCCS(C)(=O)=O)c1ccc2c(c1)CCCC2. The lowest BCUT2D eigenvalue weighted by Gasteiger charge is -2.26. The van der Waals surface area contributed by atoms with Gasteiger partial charge in [0.05, 0.1) is 5.60 Å². The minimum atomic E-state index is -2.95. The zero-order chi connectivity index (χ0) is 14.8. The molecule has 4 heteroatoms. The first-order chi connectivity index (χ1) is 9.28. The Kier molecular flexibility index (Phi) is 4.55. The molecule has 20 heavy (non-hydrogen) atoms. The summed E-state index contributed by atoms with van der Waals surface area (Å²) in [5.41, 5.74) is 2.70. The minimum absolute atomic E-state index is 0.133. The van der Waals surface area contributed by atoms with E-state index in [2.05, 4.69) is 12.1 Å². The average Bonchev–Trinajstić information content (AvgIpc) is 2.36. The van der Waals surface area contributed by atoms with Crippen LogP contribution < -0.4 is 0 Å². The van der Waals surface area contributed by atoms with Crippen LogP contribution in [-0.4, -0.2) is 25.5 Å². The van der Waals surface area contributed by atoms with Gasteiger partial charge in [0.25, 0.3) is 0 Å². The van der Waals surface area contributed by atoms with Gasteiger partial charge in [-0.2, -0.15) is 0 Å². The molecule has 3 nitrogen and oxygen atoms in total. The fraction of sp³-hybridized carbons (Fsp3) is 0.625. The van der Waals surface area contributed by atoms with Crippen molar-refractivity contribution in [3.63, 3.8) is 0 Å². The van der Waals surface area contributed by atoms with Gasteiger partial charge in [-0.25, -0.2) is 8.42 Å². The van der Waals surface area contributed by atoms with E-state index in [-0.39, 0.29) is 5.75 Å². The van der Waals surface area contributed by atoms with Gasteiger partial charge >= 0.3 is 0 Å². The highest BCUT2D eigenvalue weighted by molar-refractivity contribution is 7.90. The van der Waals surface area contributed by atoms with Crippen LogP contribution in [0.2, 0.25) is 0 Å². The number of hydrogen-bond acceptors (Lipinski definition) is 3. The van der Waals surface area contributed by atoms with Gasteiger partial charge < -0.3 is 5.11 Å². The predicted molar refractivity (Wildman–Crippen MR) is 81.6 cm³/mol. The van der Waals surface area contributed by atoms with Crippen molar-refractivity contribution in [2.24, 2.45) is 0 Å². The van der Waals surface area contributed by atoms with Gasteiger partial charge in [-0.3, -0.25) is 0 Å². The third-order valence-corrected chi connectivity index (χ3v) is 5.18. The summed E-state index contributed by atoms with van der Waals surface area (Å²) in [5, 5.41) is 10.6. The lowest BCUT2D eigenvalue weighted by molar-refractivity contribution is 0.0471. The normalized spacial score (nSPS) is 18.4. The molecule has 1 atom stereocenters. The summed E-state index contributed by atoms with van der Waals surface area (Å²) in [4.78, 5) is 0. The standard InChI is InChI=1S/C16H24O3S/c1-16(17,10-5-11-20(2,18)19)15-9-8-13-6-3-4-7-14(13)12-15/h8-9,12,17H,3-7,10-11H2,1-2H3. The van der Waals surface area contributed by atoms with E-state index in [0.29, 0.717) is 12.8 Å². The van der Waals surface area contributed by atoms with Crippen LogP contribution in [0.4, 0.5) is 0 Å². The van der Waals surface area contributed by atoms with E-state index < -0.39 is 15.4 Å². The van der Waals surface area contributed by atoms with Gasteiger partial charge in [-0.05, 0) is 62.1 Å². The maximum Gasteiger partial charge on any atom is 0.147 e. The molecule has 1 aromatic carbocycles. The van der Waals surface area contributed by atoms with Crippen molar-refractivity contribution >= 4 is 9.84 Å². The molecule has 0 amide bonds. The molecule has 0 fully saturated rings. The molecule has 0 aliphatic heterocycles. The summed E-state index contributed by atoms with van der Waals surface area (Å²) in [6, 6.07) is 6.22. The molecule has 1 aliphatic rings. The second kappa shape index (κ2) is 5.86. The van der Waals surface area contributed by atoms with Crippen LogP contribution >= 0.6 is 0 Å². The van der Waals surface area contributed by atoms with Crippen LogP contribution in [0.25, 0.3) is 0 Å². The molecule has 1 aliphatic carbocycles. The van der Waals surface area contributed by atoms with Gasteiger partial charge in [0.2, 0.25) is 0 Å². The number of hydrogen-bond donors (Lipinski definition) is 1. The first-order valence-electron chi connectivity index (χ1n) is 7.30. The fourth-order valence-electron chi connectivity index (χ4n) is 2.89. The number of aryl methyl sites for hydroxylation is 2. The predicted octanol–water partition coefficient (Wildman–Crippen LogP) is 2.60. The second-order valence-corrected chi connectivity index (χ2v) is 8.46. The van der Waals surface area contributed by atoms with E-state index in [1.54, 1.807) is 6.92 Å². The smallest absolute Gasteiger partial charge is 0.147 e. The highest BCUT2D eigenvalue weighted by Gasteiger charge is 2.24. The van der Waals surface area contributed by atoms with Crippen molar-refractivity contribution in [2.45, 2.75) is 51.0 Å². The molecule has 0 spiro atoms. The van der Waals surface area contributed by atoms with E-state index >= 15 is 0 Å². The monoisotopic (exact) mass is 296 g/mol. The van der Waals surface area contributed by atoms with E-state index in [1.165, 1.54) is 30.2 Å². The third-order valence-electron chi connectivity index (χ3n) is 4.15. The van der Waals surface area contributed by atoms with Crippen molar-refractivity contribution in [1.29, 1.82) is 0 Å². The van der Waals surface area contributed by atoms with Crippen molar-refractivity contribution in [3.05, 3.63) is 34.9 Å². The van der Waals surface area contributed by atoms with Gasteiger partial charge in [0, 0.05) is 12.0 Å². The molecule has 0 saturated carbocycles. The van der Waals surface area contributed by atoms with E-state index in [1.807, 2.05) is 6.07 Å². The van der Waals surface area contributed by atoms with Crippen LogP contribution in [0.5, 0.6) is 0 Å². The second-order valence-electron chi connectivity index (χ2n) is 6.20. The maximum absolute atomic E-state index is 11.2. The number of benzene rings is 1. The molecule has 1 unspecified atom stereocenters. The average molecular weight is 296 g/mol. The molecule has 1 N–H and O–H groups in total. The first kappa shape index (κ1) is 15.5. The summed E-state index contributed by atoms with van der Waals surface area (Å²) in [5.74, 6) is 0.133. The lowest BCUT2D eigenvalue weighted by atomic mass is 9.85. The molecule has 0 aromatic heterocycles. The van der Waals surface area contributed by atoms with Crippen molar-refractivity contribution in [1.82, 2.24) is 0 Å². The van der Waals surface area contributed by atoms with Crippen molar-refractivity contribution in [3.8, 4) is 0 Å². The van der Waals surface area contributed by atoms with E-state index in [9.17, 15) is 13.5 Å². The van der Waals surface area contributed by atoms with Crippen LogP contribution in [0, 0.1) is 0 Å². The summed E-state index contributed by atoms with van der Waals surface area (Å²) in [6.45, 7) is 1.78. The Bertz CT molecular complexity index is 573. The molecule has 1 aromatic rings. The Balaban J connectivity index is 2.08. The number of sulfone groups is 1. The molecule has 112 valence electrons. The van der Waals surface area contributed by atoms with Gasteiger partial charge in [-0.15, -0.1) is 0 Å². The van der Waals surface area contributed by atoms with E-state index in [4.69, 9.17) is 0 Å². The highest BCUT2D eigenvalue weighted by atomic mass is 32.2. The Morgan fingerprint density at radius 3 is 2.50 bits per heavy atom. The van der Waals surface area contributed by atoms with Gasteiger partial charge in [0.15, 0.2) is 0 Å². The topological polar surface area (TPSA) is 54.4 Å². The largest absolute Gasteiger partial charge is 0.385 e. The van der Waals surface area contributed by atoms with Crippen LogP contribution in [0.1, 0.15) is 49.3 Å². The summed E-state index contributed by atoms with van der Waals surface area (Å²) >= 11 is 0. The molecule has 0 bridgehead atoms.